The number of fused-ring (bicyclic) bond motifs is 3. The molecule has 0 spiro atoms. The second-order valence-corrected chi connectivity index (χ2v) is 10.9. The van der Waals surface area contributed by atoms with E-state index in [9.17, 15) is 4.79 Å². The first-order valence-corrected chi connectivity index (χ1v) is 13.7. The second kappa shape index (κ2) is 8.92. The van der Waals surface area contributed by atoms with Crippen molar-refractivity contribution in [1.82, 2.24) is 14.1 Å². The molecule has 186 valence electrons. The van der Waals surface area contributed by atoms with Crippen molar-refractivity contribution in [3.05, 3.63) is 144 Å². The number of hydrogen-bond acceptors (Lipinski definition) is 4. The van der Waals surface area contributed by atoms with Crippen LogP contribution in [-0.2, 0) is 6.42 Å². The number of nitrogens with zero attached hydrogens (tertiary/aromatic N) is 4. The monoisotopic (exact) mass is 514 g/mol. The van der Waals surface area contributed by atoms with Crippen molar-refractivity contribution in [2.75, 3.05) is 0 Å². The predicted molar refractivity (Wildman–Crippen MR) is 152 cm³/mol. The van der Waals surface area contributed by atoms with Crippen molar-refractivity contribution < 1.29 is 0 Å². The van der Waals surface area contributed by atoms with E-state index in [0.29, 0.717) is 4.53 Å². The average Bonchev–Trinajstić information content (AvgIpc) is 3.42. The lowest BCUT2D eigenvalue weighted by Gasteiger charge is -2.30. The molecule has 2 aliphatic rings. The van der Waals surface area contributed by atoms with Crippen molar-refractivity contribution in [2.24, 2.45) is 4.99 Å². The van der Waals surface area contributed by atoms with Crippen LogP contribution in [-0.4, -0.2) is 14.1 Å². The lowest BCUT2D eigenvalue weighted by molar-refractivity contribution is 0.585. The normalized spacial score (nSPS) is 16.6. The Hall–Kier alpha value is -4.29. The molecular weight excluding hydrogens is 488 g/mol. The summed E-state index contributed by atoms with van der Waals surface area (Å²) in [5.74, 6) is 0. The molecule has 1 aliphatic heterocycles. The molecule has 7 rings (SSSR count). The Balaban J connectivity index is 1.45. The number of pyridine rings is 1. The van der Waals surface area contributed by atoms with Crippen LogP contribution >= 0.6 is 11.3 Å². The third kappa shape index (κ3) is 3.56. The van der Waals surface area contributed by atoms with Gasteiger partial charge in [0.2, 0.25) is 0 Å². The Kier molecular flexibility index (Phi) is 5.37. The van der Waals surface area contributed by atoms with Crippen molar-refractivity contribution in [2.45, 2.75) is 32.7 Å². The van der Waals surface area contributed by atoms with E-state index in [1.807, 2.05) is 35.0 Å². The smallest absolute Gasteiger partial charge is 0.271 e. The zero-order valence-corrected chi connectivity index (χ0v) is 22.1. The van der Waals surface area contributed by atoms with E-state index < -0.39 is 0 Å². The van der Waals surface area contributed by atoms with Gasteiger partial charge in [0.1, 0.15) is 0 Å². The summed E-state index contributed by atoms with van der Waals surface area (Å²) >= 11 is 1.48. The quantitative estimate of drug-likeness (QED) is 0.336. The van der Waals surface area contributed by atoms with Crippen LogP contribution in [0.25, 0.3) is 17.5 Å². The molecule has 6 heteroatoms. The van der Waals surface area contributed by atoms with Crippen LogP contribution in [0.3, 0.4) is 0 Å². The lowest BCUT2D eigenvalue weighted by Crippen LogP contribution is -2.38. The van der Waals surface area contributed by atoms with Gasteiger partial charge in [0.15, 0.2) is 4.80 Å². The van der Waals surface area contributed by atoms with E-state index in [2.05, 4.69) is 78.0 Å². The fraction of sp³-hybridized carbons (Fsp3) is 0.156. The van der Waals surface area contributed by atoms with E-state index in [1.165, 1.54) is 28.0 Å². The zero-order valence-electron chi connectivity index (χ0n) is 21.3. The number of rotatable bonds is 3. The second-order valence-electron chi connectivity index (χ2n) is 9.90. The number of allylic oxidation sites excluding steroid dienone is 1. The molecule has 0 fully saturated rings. The molecule has 2 aromatic carbocycles. The highest BCUT2D eigenvalue weighted by Gasteiger charge is 2.32. The Morgan fingerprint density at radius 3 is 2.61 bits per heavy atom. The highest BCUT2D eigenvalue weighted by molar-refractivity contribution is 7.07. The minimum Gasteiger partial charge on any atom is -0.316 e. The molecule has 4 heterocycles. The number of aryl methyl sites for hydroxylation is 2. The maximum Gasteiger partial charge on any atom is 0.271 e. The van der Waals surface area contributed by atoms with Gasteiger partial charge in [-0.05, 0) is 73.2 Å². The summed E-state index contributed by atoms with van der Waals surface area (Å²) in [5, 5.41) is 0. The van der Waals surface area contributed by atoms with E-state index >= 15 is 0 Å². The molecule has 0 N–H and O–H groups in total. The van der Waals surface area contributed by atoms with Crippen molar-refractivity contribution in [1.29, 1.82) is 0 Å². The van der Waals surface area contributed by atoms with Crippen LogP contribution in [0.5, 0.6) is 0 Å². The third-order valence-corrected chi connectivity index (χ3v) is 8.63. The summed E-state index contributed by atoms with van der Waals surface area (Å²) in [7, 11) is 0. The molecule has 0 saturated heterocycles. The van der Waals surface area contributed by atoms with Gasteiger partial charge in [0.25, 0.3) is 5.56 Å². The molecule has 0 bridgehead atoms. The zero-order chi connectivity index (χ0) is 25.8. The molecule has 1 unspecified atom stereocenters. The maximum atomic E-state index is 14.0. The summed E-state index contributed by atoms with van der Waals surface area (Å²) in [5.41, 5.74) is 10.1. The Labute approximate surface area is 224 Å². The molecule has 5 aromatic rings. The summed E-state index contributed by atoms with van der Waals surface area (Å²) in [6.45, 7) is 4.17. The summed E-state index contributed by atoms with van der Waals surface area (Å²) in [4.78, 5) is 24.2. The van der Waals surface area contributed by atoms with Crippen LogP contribution in [0.15, 0.2) is 101 Å². The fourth-order valence-electron chi connectivity index (χ4n) is 5.92. The van der Waals surface area contributed by atoms with Gasteiger partial charge in [0.05, 0.1) is 28.2 Å². The van der Waals surface area contributed by atoms with Crippen molar-refractivity contribution >= 4 is 23.1 Å². The van der Waals surface area contributed by atoms with E-state index in [1.54, 1.807) is 6.20 Å². The van der Waals surface area contributed by atoms with Gasteiger partial charge in [-0.2, -0.15) is 0 Å². The SMILES string of the molecule is Cc1cc(C=c2sc3n(c2=O)C(c2ccccc2)C2=C(N=3)c3ccccc3CC2)c(C)n1-c1cccnc1. The highest BCUT2D eigenvalue weighted by Crippen LogP contribution is 2.41. The molecule has 0 radical (unpaired) electrons. The largest absolute Gasteiger partial charge is 0.316 e. The Morgan fingerprint density at radius 2 is 1.79 bits per heavy atom. The molecule has 1 aliphatic carbocycles. The number of aromatic nitrogens is 3. The Bertz CT molecular complexity index is 1910. The molecule has 0 amide bonds. The third-order valence-electron chi connectivity index (χ3n) is 7.65. The molecular formula is C32H26N4OS. The molecule has 3 aromatic heterocycles. The van der Waals surface area contributed by atoms with Crippen molar-refractivity contribution in [3.8, 4) is 5.69 Å². The fourth-order valence-corrected chi connectivity index (χ4v) is 6.91. The van der Waals surface area contributed by atoms with E-state index in [4.69, 9.17) is 4.99 Å². The van der Waals surface area contributed by atoms with E-state index in [-0.39, 0.29) is 11.6 Å². The van der Waals surface area contributed by atoms with Crippen molar-refractivity contribution in [3.63, 3.8) is 0 Å². The summed E-state index contributed by atoms with van der Waals surface area (Å²) in [6.07, 6.45) is 7.52. The van der Waals surface area contributed by atoms with Gasteiger partial charge in [-0.3, -0.25) is 14.3 Å². The predicted octanol–water partition coefficient (Wildman–Crippen LogP) is 5.12. The minimum atomic E-state index is -0.152. The topological polar surface area (TPSA) is 52.2 Å². The number of thiazole rings is 1. The highest BCUT2D eigenvalue weighted by atomic mass is 32.1. The van der Waals surface area contributed by atoms with Crippen LogP contribution in [0.4, 0.5) is 0 Å². The van der Waals surface area contributed by atoms with Gasteiger partial charge >= 0.3 is 0 Å². The summed E-state index contributed by atoms with van der Waals surface area (Å²) < 4.78 is 4.79. The molecule has 38 heavy (non-hydrogen) atoms. The van der Waals surface area contributed by atoms with Gasteiger partial charge < -0.3 is 4.57 Å². The lowest BCUT2D eigenvalue weighted by atomic mass is 9.83. The molecule has 0 saturated carbocycles. The first-order valence-electron chi connectivity index (χ1n) is 12.9. The average molecular weight is 515 g/mol. The van der Waals surface area contributed by atoms with Crippen LogP contribution in [0.1, 0.15) is 46.1 Å². The number of benzene rings is 2. The first kappa shape index (κ1) is 22.9. The standard InChI is InChI=1S/C32H26N4OS/c1-20-17-24(21(2)35(20)25-12-8-16-33-19-25)18-28-31(37)36-30(23-10-4-3-5-11-23)27-15-14-22-9-6-7-13-26(22)29(27)34-32(36)38-28/h3-13,16-19,30H,14-15H2,1-2H3. The maximum absolute atomic E-state index is 14.0. The summed E-state index contributed by atoms with van der Waals surface area (Å²) in [6, 6.07) is 24.9. The van der Waals surface area contributed by atoms with Crippen LogP contribution < -0.4 is 14.9 Å². The van der Waals surface area contributed by atoms with Gasteiger partial charge in [-0.15, -0.1) is 0 Å². The van der Waals surface area contributed by atoms with Crippen LogP contribution in [0, 0.1) is 13.8 Å². The van der Waals surface area contributed by atoms with E-state index in [0.717, 1.165) is 51.5 Å². The van der Waals surface area contributed by atoms with Crippen LogP contribution in [0.2, 0.25) is 0 Å². The minimum absolute atomic E-state index is 0.0131. The van der Waals surface area contributed by atoms with Gasteiger partial charge in [0, 0.05) is 23.1 Å². The van der Waals surface area contributed by atoms with Gasteiger partial charge in [-0.1, -0.05) is 65.9 Å². The molecule has 5 nitrogen and oxygen atoms in total. The Morgan fingerprint density at radius 1 is 0.974 bits per heavy atom. The first-order chi connectivity index (χ1) is 18.6. The number of hydrogen-bond donors (Lipinski definition) is 0. The van der Waals surface area contributed by atoms with Gasteiger partial charge in [-0.25, -0.2) is 4.99 Å². The molecule has 1 atom stereocenters.